The second-order valence-electron chi connectivity index (χ2n) is 3.83. The Kier molecular flexibility index (Phi) is 4.63. The Morgan fingerprint density at radius 3 is 1.50 bits per heavy atom. The van der Waals surface area contributed by atoms with Gasteiger partial charge < -0.3 is 0 Å². The van der Waals surface area contributed by atoms with Gasteiger partial charge in [-0.25, -0.2) is 0 Å². The van der Waals surface area contributed by atoms with E-state index in [1.165, 1.54) is 0 Å². The van der Waals surface area contributed by atoms with E-state index in [0.717, 1.165) is 21.2 Å². The third kappa shape index (κ3) is 4.06. The van der Waals surface area contributed by atoms with Gasteiger partial charge in [-0.15, -0.1) is 0 Å². The van der Waals surface area contributed by atoms with Crippen molar-refractivity contribution >= 4 is 35.4 Å². The van der Waals surface area contributed by atoms with Crippen LogP contribution in [-0.4, -0.2) is 0 Å². The molecule has 0 bridgehead atoms. The minimum Gasteiger partial charge on any atom is -0.0843 e. The summed E-state index contributed by atoms with van der Waals surface area (Å²) >= 11 is 11.8. The minimum atomic E-state index is 0.746. The molecule has 90 valence electrons. The number of hydrogen-bond donors (Lipinski definition) is 0. The van der Waals surface area contributed by atoms with Crippen LogP contribution in [0.4, 0.5) is 0 Å². The van der Waals surface area contributed by atoms with Gasteiger partial charge in [-0.2, -0.15) is 0 Å². The Labute approximate surface area is 117 Å². The Hall–Kier alpha value is -1.50. The lowest BCUT2D eigenvalue weighted by Crippen LogP contribution is -1.71. The molecule has 2 rings (SSSR count). The molecule has 18 heavy (non-hydrogen) atoms. The Morgan fingerprint density at radius 2 is 1.11 bits per heavy atom. The fourth-order valence-corrected chi connectivity index (χ4v) is 1.95. The summed E-state index contributed by atoms with van der Waals surface area (Å²) in [5, 5.41) is 1.49. The van der Waals surface area contributed by atoms with E-state index in [1.807, 2.05) is 72.8 Å². The fourth-order valence-electron chi connectivity index (χ4n) is 1.55. The molecular weight excluding hydrogens is 263 g/mol. The summed E-state index contributed by atoms with van der Waals surface area (Å²) in [6.07, 6.45) is 7.97. The summed E-state index contributed by atoms with van der Waals surface area (Å²) in [6, 6.07) is 15.5. The van der Waals surface area contributed by atoms with Gasteiger partial charge in [0.15, 0.2) is 0 Å². The first-order chi connectivity index (χ1) is 8.74. The molecule has 2 aromatic rings. The molecule has 0 radical (unpaired) electrons. The van der Waals surface area contributed by atoms with Gasteiger partial charge in [0.25, 0.3) is 0 Å². The van der Waals surface area contributed by atoms with Gasteiger partial charge in [0.2, 0.25) is 0 Å². The maximum Gasteiger partial charge on any atom is 0.0411 e. The summed E-state index contributed by atoms with van der Waals surface area (Å²) < 4.78 is 0. The quantitative estimate of drug-likeness (QED) is 0.628. The first kappa shape index (κ1) is 12.9. The molecule has 0 fully saturated rings. The van der Waals surface area contributed by atoms with Gasteiger partial charge in [0, 0.05) is 10.0 Å². The first-order valence-electron chi connectivity index (χ1n) is 5.60. The highest BCUT2D eigenvalue weighted by Gasteiger charge is 1.88. The molecule has 0 N–H and O–H groups in total. The van der Waals surface area contributed by atoms with Crippen LogP contribution < -0.4 is 0 Å². The van der Waals surface area contributed by atoms with Crippen LogP contribution in [0.2, 0.25) is 10.0 Å². The number of allylic oxidation sites excluding steroid dienone is 2. The van der Waals surface area contributed by atoms with E-state index in [9.17, 15) is 0 Å². The molecule has 0 amide bonds. The molecule has 0 nitrogen and oxygen atoms in total. The zero-order valence-electron chi connectivity index (χ0n) is 9.68. The third-order valence-corrected chi connectivity index (χ3v) is 2.86. The van der Waals surface area contributed by atoms with Crippen molar-refractivity contribution in [2.45, 2.75) is 0 Å². The highest BCUT2D eigenvalue weighted by molar-refractivity contribution is 6.31. The van der Waals surface area contributed by atoms with Crippen LogP contribution in [0.5, 0.6) is 0 Å². The summed E-state index contributed by atoms with van der Waals surface area (Å²) in [5.41, 5.74) is 2.16. The molecule has 0 spiro atoms. The Balaban J connectivity index is 2.03. The van der Waals surface area contributed by atoms with Gasteiger partial charge in [-0.05, 0) is 35.4 Å². The Morgan fingerprint density at radius 1 is 0.667 bits per heavy atom. The molecule has 0 heterocycles. The summed E-state index contributed by atoms with van der Waals surface area (Å²) in [7, 11) is 0. The lowest BCUT2D eigenvalue weighted by atomic mass is 10.2. The standard InChI is InChI=1S/C16H12Cl2/c17-15-9-3-7-13(11-15)5-1-2-6-14-8-4-10-16(18)12-14/h1-12H. The highest BCUT2D eigenvalue weighted by atomic mass is 35.5. The van der Waals surface area contributed by atoms with Crippen LogP contribution in [0.15, 0.2) is 60.7 Å². The van der Waals surface area contributed by atoms with E-state index >= 15 is 0 Å². The van der Waals surface area contributed by atoms with Gasteiger partial charge in [0.05, 0.1) is 0 Å². The van der Waals surface area contributed by atoms with E-state index in [4.69, 9.17) is 23.2 Å². The molecule has 0 saturated heterocycles. The van der Waals surface area contributed by atoms with Crippen LogP contribution >= 0.6 is 23.2 Å². The summed E-state index contributed by atoms with van der Waals surface area (Å²) in [6.45, 7) is 0. The van der Waals surface area contributed by atoms with Gasteiger partial charge in [-0.3, -0.25) is 0 Å². The first-order valence-corrected chi connectivity index (χ1v) is 6.35. The predicted molar refractivity (Wildman–Crippen MR) is 81.0 cm³/mol. The number of halogens is 2. The normalized spacial score (nSPS) is 11.4. The third-order valence-electron chi connectivity index (χ3n) is 2.39. The zero-order chi connectivity index (χ0) is 12.8. The highest BCUT2D eigenvalue weighted by Crippen LogP contribution is 2.13. The van der Waals surface area contributed by atoms with E-state index in [2.05, 4.69) is 0 Å². The molecule has 0 aliphatic carbocycles. The number of benzene rings is 2. The van der Waals surface area contributed by atoms with Crippen molar-refractivity contribution in [3.8, 4) is 0 Å². The van der Waals surface area contributed by atoms with Crippen molar-refractivity contribution < 1.29 is 0 Å². The van der Waals surface area contributed by atoms with Gasteiger partial charge in [-0.1, -0.05) is 71.8 Å². The van der Waals surface area contributed by atoms with E-state index < -0.39 is 0 Å². The maximum absolute atomic E-state index is 5.90. The minimum absolute atomic E-state index is 0.746. The fraction of sp³-hybridized carbons (Fsp3) is 0. The lowest BCUT2D eigenvalue weighted by molar-refractivity contribution is 1.65. The van der Waals surface area contributed by atoms with Crippen LogP contribution in [0.1, 0.15) is 11.1 Å². The van der Waals surface area contributed by atoms with Gasteiger partial charge in [0.1, 0.15) is 0 Å². The van der Waals surface area contributed by atoms with Crippen molar-refractivity contribution in [1.82, 2.24) is 0 Å². The van der Waals surface area contributed by atoms with E-state index in [1.54, 1.807) is 0 Å². The van der Waals surface area contributed by atoms with Gasteiger partial charge >= 0.3 is 0 Å². The van der Waals surface area contributed by atoms with Crippen LogP contribution in [-0.2, 0) is 0 Å². The summed E-state index contributed by atoms with van der Waals surface area (Å²) in [5.74, 6) is 0. The average molecular weight is 275 g/mol. The van der Waals surface area contributed by atoms with Crippen LogP contribution in [0.25, 0.3) is 12.2 Å². The van der Waals surface area contributed by atoms with E-state index in [-0.39, 0.29) is 0 Å². The van der Waals surface area contributed by atoms with Crippen molar-refractivity contribution in [2.75, 3.05) is 0 Å². The zero-order valence-corrected chi connectivity index (χ0v) is 11.2. The predicted octanol–water partition coefficient (Wildman–Crippen LogP) is 5.72. The lowest BCUT2D eigenvalue weighted by Gasteiger charge is -1.93. The monoisotopic (exact) mass is 274 g/mol. The van der Waals surface area contributed by atoms with Crippen LogP contribution in [0.3, 0.4) is 0 Å². The summed E-state index contributed by atoms with van der Waals surface area (Å²) in [4.78, 5) is 0. The second-order valence-corrected chi connectivity index (χ2v) is 4.70. The Bertz CT molecular complexity index is 530. The smallest absolute Gasteiger partial charge is 0.0411 e. The van der Waals surface area contributed by atoms with Crippen molar-refractivity contribution in [3.63, 3.8) is 0 Å². The molecule has 0 aromatic heterocycles. The molecule has 0 saturated carbocycles. The largest absolute Gasteiger partial charge is 0.0843 e. The number of hydrogen-bond acceptors (Lipinski definition) is 0. The number of rotatable bonds is 3. The van der Waals surface area contributed by atoms with Crippen molar-refractivity contribution in [2.24, 2.45) is 0 Å². The van der Waals surface area contributed by atoms with Crippen LogP contribution in [0, 0.1) is 0 Å². The molecule has 0 aliphatic heterocycles. The maximum atomic E-state index is 5.90. The van der Waals surface area contributed by atoms with E-state index in [0.29, 0.717) is 0 Å². The molecular formula is C16H12Cl2. The molecule has 0 unspecified atom stereocenters. The average Bonchev–Trinajstić information content (AvgIpc) is 2.35. The molecule has 0 aliphatic rings. The van der Waals surface area contributed by atoms with Crippen molar-refractivity contribution in [1.29, 1.82) is 0 Å². The topological polar surface area (TPSA) is 0 Å². The SMILES string of the molecule is Clc1cccc(C=CC=Cc2cccc(Cl)c2)c1. The molecule has 2 heteroatoms. The molecule has 0 atom stereocenters. The molecule has 2 aromatic carbocycles. The second kappa shape index (κ2) is 6.44. The van der Waals surface area contributed by atoms with Crippen molar-refractivity contribution in [3.05, 3.63) is 81.9 Å².